The molecule has 0 bridgehead atoms. The first-order valence-corrected chi connectivity index (χ1v) is 8.33. The Balaban J connectivity index is 2.29. The van der Waals surface area contributed by atoms with E-state index in [0.29, 0.717) is 31.0 Å². The Morgan fingerprint density at radius 2 is 2.27 bits per heavy atom. The molecule has 1 fully saturated rings. The van der Waals surface area contributed by atoms with E-state index in [2.05, 4.69) is 21.3 Å². The second-order valence-corrected chi connectivity index (χ2v) is 5.97. The number of ether oxygens (including phenoxy) is 2. The Labute approximate surface area is 152 Å². The standard InChI is InChI=1S/C19H24F2N2O3/c1-13-5-4-6-17(26-19(20)21)18(13)16(22-3)8-7-14(2)23-9-10-25-15(11-23)12-24/h4-8,15,19,24H,3,9-12H2,1-2H3/b14-7+,16-8-. The SMILES string of the molecule is C=N/C(=C\C=C(/C)N1CCOC(CO)C1)c1c(C)cccc1OC(F)F. The molecule has 1 saturated heterocycles. The highest BCUT2D eigenvalue weighted by atomic mass is 19.3. The second-order valence-electron chi connectivity index (χ2n) is 5.97. The lowest BCUT2D eigenvalue weighted by atomic mass is 10.0. The quantitative estimate of drug-likeness (QED) is 0.595. The molecule has 1 atom stereocenters. The number of nitrogens with zero attached hydrogens (tertiary/aromatic N) is 2. The maximum atomic E-state index is 12.7. The first kappa shape index (κ1) is 20.1. The molecule has 0 aliphatic carbocycles. The first-order chi connectivity index (χ1) is 12.5. The molecule has 1 unspecified atom stereocenters. The Bertz CT molecular complexity index is 689. The van der Waals surface area contributed by atoms with Crippen molar-refractivity contribution in [3.05, 3.63) is 47.2 Å². The summed E-state index contributed by atoms with van der Waals surface area (Å²) in [5.41, 5.74) is 2.66. The lowest BCUT2D eigenvalue weighted by Crippen LogP contribution is -2.42. The Kier molecular flexibility index (Phi) is 7.29. The van der Waals surface area contributed by atoms with E-state index < -0.39 is 6.61 Å². The zero-order chi connectivity index (χ0) is 19.1. The van der Waals surface area contributed by atoms with Crippen LogP contribution in [-0.2, 0) is 4.74 Å². The van der Waals surface area contributed by atoms with E-state index in [1.54, 1.807) is 25.1 Å². The highest BCUT2D eigenvalue weighted by Crippen LogP contribution is 2.31. The van der Waals surface area contributed by atoms with Crippen molar-refractivity contribution in [1.29, 1.82) is 0 Å². The fraction of sp³-hybridized carbons (Fsp3) is 0.421. The molecule has 0 aromatic heterocycles. The van der Waals surface area contributed by atoms with Gasteiger partial charge in [0.25, 0.3) is 0 Å². The highest BCUT2D eigenvalue weighted by Gasteiger charge is 2.19. The zero-order valence-corrected chi connectivity index (χ0v) is 15.0. The van der Waals surface area contributed by atoms with E-state index in [4.69, 9.17) is 4.74 Å². The normalized spacial score (nSPS) is 19.0. The third kappa shape index (κ3) is 5.12. The third-order valence-corrected chi connectivity index (χ3v) is 4.20. The number of benzene rings is 1. The number of aliphatic hydroxyl groups is 1. The van der Waals surface area contributed by atoms with Crippen molar-refractivity contribution in [1.82, 2.24) is 4.90 Å². The minimum absolute atomic E-state index is 0.0311. The second kappa shape index (κ2) is 9.45. The van der Waals surface area contributed by atoms with Crippen LogP contribution >= 0.6 is 0 Å². The number of rotatable bonds is 7. The fourth-order valence-electron chi connectivity index (χ4n) is 2.83. The number of aliphatic imine (C=N–C) groups is 1. The summed E-state index contributed by atoms with van der Waals surface area (Å²) in [6, 6.07) is 4.94. The molecule has 26 heavy (non-hydrogen) atoms. The lowest BCUT2D eigenvalue weighted by molar-refractivity contribution is -0.0500. The number of halogens is 2. The number of aryl methyl sites for hydroxylation is 1. The number of morpholine rings is 1. The van der Waals surface area contributed by atoms with Crippen LogP contribution < -0.4 is 4.74 Å². The van der Waals surface area contributed by atoms with Crippen molar-refractivity contribution in [3.8, 4) is 5.75 Å². The molecule has 7 heteroatoms. The van der Waals surface area contributed by atoms with Crippen molar-refractivity contribution in [2.45, 2.75) is 26.6 Å². The van der Waals surface area contributed by atoms with Gasteiger partial charge in [-0.15, -0.1) is 0 Å². The summed E-state index contributed by atoms with van der Waals surface area (Å²) < 4.78 is 35.4. The van der Waals surface area contributed by atoms with E-state index >= 15 is 0 Å². The van der Waals surface area contributed by atoms with Crippen LogP contribution in [0, 0.1) is 6.92 Å². The summed E-state index contributed by atoms with van der Waals surface area (Å²) in [6.07, 6.45) is 3.37. The largest absolute Gasteiger partial charge is 0.434 e. The van der Waals surface area contributed by atoms with Gasteiger partial charge in [-0.2, -0.15) is 8.78 Å². The topological polar surface area (TPSA) is 54.3 Å². The van der Waals surface area contributed by atoms with Gasteiger partial charge in [-0.3, -0.25) is 4.99 Å². The predicted octanol–water partition coefficient (Wildman–Crippen LogP) is 3.23. The van der Waals surface area contributed by atoms with Crippen LogP contribution in [0.2, 0.25) is 0 Å². The van der Waals surface area contributed by atoms with Gasteiger partial charge in [0.15, 0.2) is 0 Å². The molecule has 0 radical (unpaired) electrons. The molecule has 1 N–H and O–H groups in total. The number of hydrogen-bond acceptors (Lipinski definition) is 5. The number of hydrogen-bond donors (Lipinski definition) is 1. The summed E-state index contributed by atoms with van der Waals surface area (Å²) in [5, 5.41) is 9.25. The Morgan fingerprint density at radius 3 is 2.92 bits per heavy atom. The Morgan fingerprint density at radius 1 is 1.50 bits per heavy atom. The van der Waals surface area contributed by atoms with Gasteiger partial charge in [-0.1, -0.05) is 12.1 Å². The molecule has 0 amide bonds. The van der Waals surface area contributed by atoms with Gasteiger partial charge in [0.2, 0.25) is 0 Å². The van der Waals surface area contributed by atoms with E-state index in [-0.39, 0.29) is 18.5 Å². The van der Waals surface area contributed by atoms with Crippen molar-refractivity contribution in [3.63, 3.8) is 0 Å². The van der Waals surface area contributed by atoms with Crippen LogP contribution in [0.5, 0.6) is 5.75 Å². The smallest absolute Gasteiger partial charge is 0.387 e. The van der Waals surface area contributed by atoms with Crippen LogP contribution in [0.1, 0.15) is 18.1 Å². The summed E-state index contributed by atoms with van der Waals surface area (Å²) >= 11 is 0. The molecule has 1 heterocycles. The van der Waals surface area contributed by atoms with Crippen molar-refractivity contribution in [2.24, 2.45) is 4.99 Å². The molecule has 0 spiro atoms. The summed E-state index contributed by atoms with van der Waals surface area (Å²) in [4.78, 5) is 6.09. The van der Waals surface area contributed by atoms with Crippen LogP contribution in [-0.4, -0.2) is 55.7 Å². The molecular formula is C19H24F2N2O3. The average molecular weight is 366 g/mol. The van der Waals surface area contributed by atoms with Crippen molar-refractivity contribution >= 4 is 12.4 Å². The average Bonchev–Trinajstić information content (AvgIpc) is 2.63. The molecule has 1 aliphatic rings. The van der Waals surface area contributed by atoms with Gasteiger partial charge in [-0.05, 0) is 44.3 Å². The van der Waals surface area contributed by atoms with Gasteiger partial charge in [-0.25, -0.2) is 0 Å². The molecule has 2 rings (SSSR count). The van der Waals surface area contributed by atoms with Gasteiger partial charge >= 0.3 is 6.61 Å². The molecule has 1 aromatic carbocycles. The van der Waals surface area contributed by atoms with Crippen LogP contribution in [0.15, 0.2) is 41.0 Å². The molecule has 1 aromatic rings. The highest BCUT2D eigenvalue weighted by molar-refractivity contribution is 5.75. The molecular weight excluding hydrogens is 342 g/mol. The first-order valence-electron chi connectivity index (χ1n) is 8.33. The molecule has 142 valence electrons. The third-order valence-electron chi connectivity index (χ3n) is 4.20. The van der Waals surface area contributed by atoms with E-state index in [1.807, 2.05) is 13.0 Å². The van der Waals surface area contributed by atoms with Gasteiger partial charge < -0.3 is 19.5 Å². The zero-order valence-electron chi connectivity index (χ0n) is 15.0. The lowest BCUT2D eigenvalue weighted by Gasteiger charge is -2.34. The summed E-state index contributed by atoms with van der Waals surface area (Å²) in [5.74, 6) is 0.0661. The van der Waals surface area contributed by atoms with Crippen LogP contribution in [0.3, 0.4) is 0 Å². The predicted molar refractivity (Wildman–Crippen MR) is 97.5 cm³/mol. The van der Waals surface area contributed by atoms with E-state index in [1.165, 1.54) is 6.07 Å². The van der Waals surface area contributed by atoms with Gasteiger partial charge in [0.1, 0.15) is 5.75 Å². The van der Waals surface area contributed by atoms with Gasteiger partial charge in [0.05, 0.1) is 25.0 Å². The molecule has 1 aliphatic heterocycles. The minimum atomic E-state index is -2.91. The van der Waals surface area contributed by atoms with Crippen molar-refractivity contribution in [2.75, 3.05) is 26.3 Å². The van der Waals surface area contributed by atoms with Crippen molar-refractivity contribution < 1.29 is 23.4 Å². The van der Waals surface area contributed by atoms with E-state index in [0.717, 1.165) is 11.3 Å². The van der Waals surface area contributed by atoms with E-state index in [9.17, 15) is 13.9 Å². The van der Waals surface area contributed by atoms with Crippen LogP contribution in [0.4, 0.5) is 8.78 Å². The maximum absolute atomic E-state index is 12.7. The molecule has 5 nitrogen and oxygen atoms in total. The summed E-state index contributed by atoms with van der Waals surface area (Å²) in [6.45, 7) is 6.20. The summed E-state index contributed by atoms with van der Waals surface area (Å²) in [7, 11) is 0. The fourth-order valence-corrected chi connectivity index (χ4v) is 2.83. The van der Waals surface area contributed by atoms with Gasteiger partial charge in [0, 0.05) is 24.4 Å². The molecule has 0 saturated carbocycles. The maximum Gasteiger partial charge on any atom is 0.387 e. The number of alkyl halides is 2. The number of allylic oxidation sites excluding steroid dienone is 3. The minimum Gasteiger partial charge on any atom is -0.434 e. The Hall–Kier alpha value is -2.25. The monoisotopic (exact) mass is 366 g/mol. The number of aliphatic hydroxyl groups excluding tert-OH is 1. The van der Waals surface area contributed by atoms with Crippen LogP contribution in [0.25, 0.3) is 5.70 Å².